The molecule has 0 saturated heterocycles. The highest BCUT2D eigenvalue weighted by Gasteiger charge is 2.32. The summed E-state index contributed by atoms with van der Waals surface area (Å²) in [4.78, 5) is 0. The summed E-state index contributed by atoms with van der Waals surface area (Å²) in [6.07, 6.45) is 11.6. The van der Waals surface area contributed by atoms with Crippen LogP contribution in [0.2, 0.25) is 0 Å². The minimum Gasteiger partial charge on any atom is -0.378 e. The number of alkyl halides is 1. The smallest absolute Gasteiger partial charge is 0.0575 e. The summed E-state index contributed by atoms with van der Waals surface area (Å²) in [7, 11) is 0. The van der Waals surface area contributed by atoms with Gasteiger partial charge in [-0.1, -0.05) is 35.2 Å². The predicted octanol–water partition coefficient (Wildman–Crippen LogP) is 3.90. The van der Waals surface area contributed by atoms with E-state index < -0.39 is 0 Å². The second-order valence-electron chi connectivity index (χ2n) is 5.06. The van der Waals surface area contributed by atoms with Gasteiger partial charge < -0.3 is 4.74 Å². The summed E-state index contributed by atoms with van der Waals surface area (Å²) in [5.41, 5.74) is 0.480. The SMILES string of the molecule is BrCC1(COC2CCC2)CCCCC1. The highest BCUT2D eigenvalue weighted by atomic mass is 79.9. The summed E-state index contributed by atoms with van der Waals surface area (Å²) in [5.74, 6) is 0. The van der Waals surface area contributed by atoms with Gasteiger partial charge in [0.15, 0.2) is 0 Å². The second kappa shape index (κ2) is 4.98. The lowest BCUT2D eigenvalue weighted by Gasteiger charge is -2.38. The van der Waals surface area contributed by atoms with Crippen LogP contribution in [-0.4, -0.2) is 18.0 Å². The number of halogens is 1. The molecule has 2 aliphatic rings. The van der Waals surface area contributed by atoms with Crippen LogP contribution in [0.4, 0.5) is 0 Å². The molecule has 0 amide bonds. The van der Waals surface area contributed by atoms with Gasteiger partial charge in [-0.3, -0.25) is 0 Å². The lowest BCUT2D eigenvalue weighted by atomic mass is 9.76. The Kier molecular flexibility index (Phi) is 3.89. The lowest BCUT2D eigenvalue weighted by molar-refractivity contribution is -0.0479. The maximum Gasteiger partial charge on any atom is 0.0575 e. The van der Waals surface area contributed by atoms with Crippen molar-refractivity contribution in [3.8, 4) is 0 Å². The van der Waals surface area contributed by atoms with Crippen molar-refractivity contribution in [1.82, 2.24) is 0 Å². The molecule has 2 saturated carbocycles. The zero-order chi connectivity index (χ0) is 9.86. The summed E-state index contributed by atoms with van der Waals surface area (Å²) >= 11 is 3.68. The van der Waals surface area contributed by atoms with Crippen molar-refractivity contribution in [3.63, 3.8) is 0 Å². The van der Waals surface area contributed by atoms with E-state index in [9.17, 15) is 0 Å². The molecule has 0 spiro atoms. The molecular formula is C12H21BrO. The highest BCUT2D eigenvalue weighted by Crippen LogP contribution is 2.39. The Morgan fingerprint density at radius 1 is 1.07 bits per heavy atom. The first-order valence-electron chi connectivity index (χ1n) is 6.02. The molecule has 1 nitrogen and oxygen atoms in total. The van der Waals surface area contributed by atoms with E-state index >= 15 is 0 Å². The lowest BCUT2D eigenvalue weighted by Crippen LogP contribution is -2.35. The molecule has 0 aromatic heterocycles. The first-order valence-corrected chi connectivity index (χ1v) is 7.14. The molecule has 0 N–H and O–H groups in total. The van der Waals surface area contributed by atoms with Gasteiger partial charge in [0.2, 0.25) is 0 Å². The van der Waals surface area contributed by atoms with E-state index in [0.717, 1.165) is 11.9 Å². The third kappa shape index (κ3) is 2.52. The molecule has 0 aromatic rings. The molecule has 2 heteroatoms. The van der Waals surface area contributed by atoms with Gasteiger partial charge in [-0.05, 0) is 32.1 Å². The molecule has 2 rings (SSSR count). The van der Waals surface area contributed by atoms with Crippen LogP contribution >= 0.6 is 15.9 Å². The van der Waals surface area contributed by atoms with Crippen LogP contribution in [0.15, 0.2) is 0 Å². The third-order valence-electron chi connectivity index (χ3n) is 3.88. The van der Waals surface area contributed by atoms with E-state index in [2.05, 4.69) is 15.9 Å². The van der Waals surface area contributed by atoms with Crippen LogP contribution < -0.4 is 0 Å². The number of ether oxygens (including phenoxy) is 1. The molecule has 0 heterocycles. The molecule has 0 aromatic carbocycles. The number of hydrogen-bond acceptors (Lipinski definition) is 1. The Hall–Kier alpha value is 0.440. The largest absolute Gasteiger partial charge is 0.378 e. The molecule has 2 fully saturated rings. The van der Waals surface area contributed by atoms with Gasteiger partial charge in [-0.2, -0.15) is 0 Å². The van der Waals surface area contributed by atoms with E-state index in [-0.39, 0.29) is 0 Å². The summed E-state index contributed by atoms with van der Waals surface area (Å²) < 4.78 is 5.98. The van der Waals surface area contributed by atoms with Gasteiger partial charge in [0.05, 0.1) is 12.7 Å². The summed E-state index contributed by atoms with van der Waals surface area (Å²) in [6, 6.07) is 0. The van der Waals surface area contributed by atoms with E-state index in [1.165, 1.54) is 51.4 Å². The average Bonchev–Trinajstić information content (AvgIpc) is 2.17. The normalized spacial score (nSPS) is 27.2. The minimum atomic E-state index is 0.480. The minimum absolute atomic E-state index is 0.480. The fourth-order valence-electron chi connectivity index (χ4n) is 2.45. The first-order chi connectivity index (χ1) is 6.85. The van der Waals surface area contributed by atoms with E-state index in [1.54, 1.807) is 0 Å². The van der Waals surface area contributed by atoms with Crippen molar-refractivity contribution in [3.05, 3.63) is 0 Å². The molecule has 14 heavy (non-hydrogen) atoms. The molecular weight excluding hydrogens is 240 g/mol. The van der Waals surface area contributed by atoms with Crippen LogP contribution in [0.1, 0.15) is 51.4 Å². The molecule has 0 bridgehead atoms. The molecule has 2 aliphatic carbocycles. The van der Waals surface area contributed by atoms with Crippen LogP contribution in [0.3, 0.4) is 0 Å². The first kappa shape index (κ1) is 10.9. The van der Waals surface area contributed by atoms with Gasteiger partial charge >= 0.3 is 0 Å². The van der Waals surface area contributed by atoms with Gasteiger partial charge in [-0.25, -0.2) is 0 Å². The summed E-state index contributed by atoms with van der Waals surface area (Å²) in [6.45, 7) is 1.00. The quantitative estimate of drug-likeness (QED) is 0.697. The van der Waals surface area contributed by atoms with Gasteiger partial charge in [0.25, 0.3) is 0 Å². The van der Waals surface area contributed by atoms with Crippen molar-refractivity contribution in [2.24, 2.45) is 5.41 Å². The van der Waals surface area contributed by atoms with Crippen molar-refractivity contribution in [2.45, 2.75) is 57.5 Å². The predicted molar refractivity (Wildman–Crippen MR) is 62.9 cm³/mol. The van der Waals surface area contributed by atoms with Gasteiger partial charge in [-0.15, -0.1) is 0 Å². The van der Waals surface area contributed by atoms with E-state index in [1.807, 2.05) is 0 Å². The topological polar surface area (TPSA) is 9.23 Å². The Bertz CT molecular complexity index is 171. The molecule has 82 valence electrons. The van der Waals surface area contributed by atoms with Crippen molar-refractivity contribution in [1.29, 1.82) is 0 Å². The maximum absolute atomic E-state index is 5.98. The maximum atomic E-state index is 5.98. The van der Waals surface area contributed by atoms with Crippen molar-refractivity contribution < 1.29 is 4.74 Å². The zero-order valence-electron chi connectivity index (χ0n) is 8.93. The average molecular weight is 261 g/mol. The van der Waals surface area contributed by atoms with Crippen molar-refractivity contribution >= 4 is 15.9 Å². The molecule has 0 radical (unpaired) electrons. The number of hydrogen-bond donors (Lipinski definition) is 0. The Morgan fingerprint density at radius 2 is 1.79 bits per heavy atom. The van der Waals surface area contributed by atoms with Gasteiger partial charge in [0.1, 0.15) is 0 Å². The second-order valence-corrected chi connectivity index (χ2v) is 5.62. The van der Waals surface area contributed by atoms with Crippen LogP contribution in [0.25, 0.3) is 0 Å². The zero-order valence-corrected chi connectivity index (χ0v) is 10.5. The van der Waals surface area contributed by atoms with E-state index in [4.69, 9.17) is 4.74 Å². The van der Waals surface area contributed by atoms with Gasteiger partial charge in [0, 0.05) is 10.7 Å². The third-order valence-corrected chi connectivity index (χ3v) is 5.06. The van der Waals surface area contributed by atoms with Crippen LogP contribution in [0.5, 0.6) is 0 Å². The summed E-state index contributed by atoms with van der Waals surface area (Å²) in [5, 5.41) is 1.13. The number of rotatable bonds is 4. The molecule has 0 atom stereocenters. The Labute approximate surface area is 95.7 Å². The van der Waals surface area contributed by atoms with Crippen molar-refractivity contribution in [2.75, 3.05) is 11.9 Å². The van der Waals surface area contributed by atoms with Crippen LogP contribution in [-0.2, 0) is 4.74 Å². The molecule has 0 unspecified atom stereocenters. The Balaban J connectivity index is 1.77. The standard InChI is InChI=1S/C12H21BrO/c13-9-12(7-2-1-3-8-12)10-14-11-5-4-6-11/h11H,1-10H2. The fraction of sp³-hybridized carbons (Fsp3) is 1.00. The molecule has 0 aliphatic heterocycles. The monoisotopic (exact) mass is 260 g/mol. The van der Waals surface area contributed by atoms with Crippen LogP contribution in [0, 0.1) is 5.41 Å². The van der Waals surface area contributed by atoms with E-state index in [0.29, 0.717) is 11.5 Å². The Morgan fingerprint density at radius 3 is 2.29 bits per heavy atom. The highest BCUT2D eigenvalue weighted by molar-refractivity contribution is 9.09. The fourth-order valence-corrected chi connectivity index (χ4v) is 3.17.